The number of piperidine rings is 1. The number of likely N-dealkylation sites (tertiary alicyclic amines) is 1. The average molecular weight is 433 g/mol. The summed E-state index contributed by atoms with van der Waals surface area (Å²) in [7, 11) is 0. The van der Waals surface area contributed by atoms with Crippen LogP contribution in [0.15, 0.2) is 35.7 Å². The number of thiazole rings is 1. The van der Waals surface area contributed by atoms with Crippen LogP contribution in [0.5, 0.6) is 5.19 Å². The molecule has 0 bridgehead atoms. The molecule has 1 amide bonds. The number of thiophene rings is 1. The second kappa shape index (κ2) is 7.98. The lowest BCUT2D eigenvalue weighted by molar-refractivity contribution is -0.135. The van der Waals surface area contributed by atoms with Crippen molar-refractivity contribution < 1.29 is 13.9 Å². The van der Waals surface area contributed by atoms with Gasteiger partial charge in [-0.2, -0.15) is 4.98 Å². The van der Waals surface area contributed by atoms with Gasteiger partial charge >= 0.3 is 0 Å². The number of benzene rings is 1. The summed E-state index contributed by atoms with van der Waals surface area (Å²) in [6.45, 7) is 1.31. The highest BCUT2D eigenvalue weighted by molar-refractivity contribution is 7.20. The van der Waals surface area contributed by atoms with E-state index in [1.165, 1.54) is 22.3 Å². The van der Waals surface area contributed by atoms with Crippen LogP contribution in [0.25, 0.3) is 10.2 Å². The highest BCUT2D eigenvalue weighted by Gasteiger charge is 2.35. The van der Waals surface area contributed by atoms with Crippen LogP contribution in [-0.4, -0.2) is 41.0 Å². The standard InChI is InChI=1S/C20H21FN4O2S2/c21-13-3-1-4-17-18(13)22-20(29-17)27-12-6-8-25(9-7-12)19(26)15-11-14(23-24-15)16-5-2-10-28-16/h1-5,10,12,14-15,23-24H,6-9,11H2. The number of ether oxygens (including phenoxy) is 1. The lowest BCUT2D eigenvalue weighted by Crippen LogP contribution is -2.49. The first-order chi connectivity index (χ1) is 14.2. The van der Waals surface area contributed by atoms with Crippen LogP contribution in [0.2, 0.25) is 0 Å². The number of hydrazine groups is 1. The van der Waals surface area contributed by atoms with E-state index in [9.17, 15) is 9.18 Å². The number of hydrogen-bond acceptors (Lipinski definition) is 7. The lowest BCUT2D eigenvalue weighted by atomic mass is 10.0. The van der Waals surface area contributed by atoms with Crippen molar-refractivity contribution in [2.75, 3.05) is 13.1 Å². The minimum absolute atomic E-state index is 0.00352. The molecule has 0 saturated carbocycles. The molecule has 2 aliphatic heterocycles. The molecule has 0 radical (unpaired) electrons. The molecule has 2 atom stereocenters. The zero-order valence-electron chi connectivity index (χ0n) is 15.6. The molecule has 2 unspecified atom stereocenters. The number of para-hydroxylation sites is 1. The molecular weight excluding hydrogens is 411 g/mol. The maximum absolute atomic E-state index is 13.8. The second-order valence-electron chi connectivity index (χ2n) is 7.35. The van der Waals surface area contributed by atoms with E-state index >= 15 is 0 Å². The number of halogens is 1. The van der Waals surface area contributed by atoms with E-state index < -0.39 is 0 Å². The average Bonchev–Trinajstić information content (AvgIpc) is 3.48. The Morgan fingerprint density at radius 1 is 1.21 bits per heavy atom. The third-order valence-electron chi connectivity index (χ3n) is 5.46. The molecule has 0 aliphatic carbocycles. The highest BCUT2D eigenvalue weighted by atomic mass is 32.1. The van der Waals surface area contributed by atoms with Crippen molar-refractivity contribution in [2.45, 2.75) is 37.5 Å². The molecule has 2 fully saturated rings. The summed E-state index contributed by atoms with van der Waals surface area (Å²) in [4.78, 5) is 20.3. The van der Waals surface area contributed by atoms with Crippen LogP contribution in [0.3, 0.4) is 0 Å². The van der Waals surface area contributed by atoms with E-state index in [-0.39, 0.29) is 29.9 Å². The Bertz CT molecular complexity index is 1000. The van der Waals surface area contributed by atoms with Crippen molar-refractivity contribution >= 4 is 38.8 Å². The number of aromatic nitrogens is 1. The van der Waals surface area contributed by atoms with Crippen LogP contribution in [0.4, 0.5) is 4.39 Å². The lowest BCUT2D eigenvalue weighted by Gasteiger charge is -2.33. The van der Waals surface area contributed by atoms with Gasteiger partial charge in [0.25, 0.3) is 5.19 Å². The SMILES string of the molecule is O=C(C1CC(c2cccs2)NN1)N1CCC(Oc2nc3c(F)cccc3s2)CC1. The van der Waals surface area contributed by atoms with Gasteiger partial charge in [-0.1, -0.05) is 23.5 Å². The smallest absolute Gasteiger partial charge is 0.274 e. The number of carbonyl (C=O) groups excluding carboxylic acids is 1. The van der Waals surface area contributed by atoms with Crippen LogP contribution in [0.1, 0.15) is 30.2 Å². The predicted molar refractivity (Wildman–Crippen MR) is 112 cm³/mol. The van der Waals surface area contributed by atoms with Crippen LogP contribution < -0.4 is 15.6 Å². The Kier molecular flexibility index (Phi) is 5.21. The Morgan fingerprint density at radius 2 is 2.07 bits per heavy atom. The number of fused-ring (bicyclic) bond motifs is 1. The largest absolute Gasteiger partial charge is 0.467 e. The summed E-state index contributed by atoms with van der Waals surface area (Å²) in [6.07, 6.45) is 2.25. The van der Waals surface area contributed by atoms with Gasteiger partial charge in [0.2, 0.25) is 5.91 Å². The van der Waals surface area contributed by atoms with Gasteiger partial charge in [-0.05, 0) is 30.0 Å². The predicted octanol–water partition coefficient (Wildman–Crippen LogP) is 3.47. The van der Waals surface area contributed by atoms with Gasteiger partial charge < -0.3 is 9.64 Å². The van der Waals surface area contributed by atoms with Gasteiger partial charge in [-0.3, -0.25) is 4.79 Å². The van der Waals surface area contributed by atoms with Gasteiger partial charge in [0.1, 0.15) is 23.5 Å². The van der Waals surface area contributed by atoms with Crippen LogP contribution in [-0.2, 0) is 4.79 Å². The number of hydrogen-bond donors (Lipinski definition) is 2. The molecule has 5 rings (SSSR count). The molecular formula is C20H21FN4O2S2. The molecule has 2 saturated heterocycles. The van der Waals surface area contributed by atoms with Crippen molar-refractivity contribution in [3.63, 3.8) is 0 Å². The quantitative estimate of drug-likeness (QED) is 0.661. The van der Waals surface area contributed by atoms with Gasteiger partial charge in [-0.15, -0.1) is 11.3 Å². The van der Waals surface area contributed by atoms with E-state index in [1.54, 1.807) is 17.4 Å². The maximum Gasteiger partial charge on any atom is 0.274 e. The molecule has 4 heterocycles. The summed E-state index contributed by atoms with van der Waals surface area (Å²) in [6, 6.07) is 9.03. The molecule has 2 N–H and O–H groups in total. The third kappa shape index (κ3) is 3.87. The first-order valence-corrected chi connectivity index (χ1v) is 11.4. The molecule has 152 valence electrons. The van der Waals surface area contributed by atoms with Gasteiger partial charge in [0.15, 0.2) is 0 Å². The van der Waals surface area contributed by atoms with Crippen molar-refractivity contribution in [2.24, 2.45) is 0 Å². The second-order valence-corrected chi connectivity index (χ2v) is 9.33. The molecule has 9 heteroatoms. The highest BCUT2D eigenvalue weighted by Crippen LogP contribution is 2.31. The first-order valence-electron chi connectivity index (χ1n) is 9.72. The maximum atomic E-state index is 13.8. The molecule has 0 spiro atoms. The topological polar surface area (TPSA) is 66.5 Å². The summed E-state index contributed by atoms with van der Waals surface area (Å²) < 4.78 is 20.6. The normalized spacial score (nSPS) is 23.0. The van der Waals surface area contributed by atoms with Gasteiger partial charge in [0, 0.05) is 30.8 Å². The first kappa shape index (κ1) is 18.9. The fourth-order valence-corrected chi connectivity index (χ4v) is 5.58. The van der Waals surface area contributed by atoms with Crippen molar-refractivity contribution in [1.29, 1.82) is 0 Å². The molecule has 3 aromatic rings. The zero-order chi connectivity index (χ0) is 19.8. The van der Waals surface area contributed by atoms with Crippen LogP contribution in [0, 0.1) is 5.82 Å². The van der Waals surface area contributed by atoms with E-state index in [1.807, 2.05) is 17.0 Å². The molecule has 29 heavy (non-hydrogen) atoms. The van der Waals surface area contributed by atoms with E-state index in [4.69, 9.17) is 4.74 Å². The van der Waals surface area contributed by atoms with Gasteiger partial charge in [-0.25, -0.2) is 15.2 Å². The number of nitrogens with one attached hydrogen (secondary N) is 2. The minimum atomic E-state index is -0.326. The fourth-order valence-electron chi connectivity index (χ4n) is 3.90. The van der Waals surface area contributed by atoms with Gasteiger partial charge in [0.05, 0.1) is 10.7 Å². The molecule has 6 nitrogen and oxygen atoms in total. The minimum Gasteiger partial charge on any atom is -0.467 e. The van der Waals surface area contributed by atoms with E-state index in [0.717, 1.165) is 24.0 Å². The molecule has 1 aromatic carbocycles. The number of carbonyl (C=O) groups is 1. The van der Waals surface area contributed by atoms with Crippen molar-refractivity contribution in [3.05, 3.63) is 46.4 Å². The van der Waals surface area contributed by atoms with Crippen molar-refractivity contribution in [1.82, 2.24) is 20.7 Å². The number of amides is 1. The van der Waals surface area contributed by atoms with Crippen LogP contribution >= 0.6 is 22.7 Å². The van der Waals surface area contributed by atoms with Crippen molar-refractivity contribution in [3.8, 4) is 5.19 Å². The fraction of sp³-hybridized carbons (Fsp3) is 0.400. The number of rotatable bonds is 4. The third-order valence-corrected chi connectivity index (χ3v) is 7.36. The summed E-state index contributed by atoms with van der Waals surface area (Å²) in [5, 5.41) is 2.55. The zero-order valence-corrected chi connectivity index (χ0v) is 17.3. The van der Waals surface area contributed by atoms with E-state index in [2.05, 4.69) is 27.3 Å². The summed E-state index contributed by atoms with van der Waals surface area (Å²) in [5.74, 6) is -0.190. The Morgan fingerprint density at radius 3 is 2.83 bits per heavy atom. The Hall–Kier alpha value is -2.07. The monoisotopic (exact) mass is 432 g/mol. The summed E-state index contributed by atoms with van der Waals surface area (Å²) in [5.41, 5.74) is 6.75. The summed E-state index contributed by atoms with van der Waals surface area (Å²) >= 11 is 3.06. The Balaban J connectivity index is 1.15. The molecule has 2 aromatic heterocycles. The molecule has 2 aliphatic rings. The Labute approximate surface area is 175 Å². The van der Waals surface area contributed by atoms with E-state index in [0.29, 0.717) is 23.8 Å². The number of nitrogens with zero attached hydrogens (tertiary/aromatic N) is 2.